The van der Waals surface area contributed by atoms with Crippen molar-refractivity contribution in [3.63, 3.8) is 0 Å². The molecular weight excluding hydrogens is 443 g/mol. The van der Waals surface area contributed by atoms with E-state index >= 15 is 0 Å². The first kappa shape index (κ1) is 23.0. The summed E-state index contributed by atoms with van der Waals surface area (Å²) in [6.45, 7) is 0.0593. The van der Waals surface area contributed by atoms with Crippen LogP contribution in [0.3, 0.4) is 0 Å². The van der Waals surface area contributed by atoms with E-state index in [9.17, 15) is 18.0 Å². The largest absolute Gasteiger partial charge is 0.452 e. The summed E-state index contributed by atoms with van der Waals surface area (Å²) < 4.78 is 37.4. The third-order valence-electron chi connectivity index (χ3n) is 3.54. The Morgan fingerprint density at radius 2 is 1.83 bits per heavy atom. The third kappa shape index (κ3) is 6.60. The summed E-state index contributed by atoms with van der Waals surface area (Å²) in [5.74, 6) is -1.39. The highest BCUT2D eigenvalue weighted by atomic mass is 35.5. The van der Waals surface area contributed by atoms with Gasteiger partial charge in [0, 0.05) is 18.7 Å². The number of hydrogen-bond donors (Lipinski definition) is 2. The number of para-hydroxylation sites is 1. The number of ether oxygens (including phenoxy) is 2. The molecule has 1 amide bonds. The number of amides is 1. The monoisotopic (exact) mass is 460 g/mol. The number of carbonyl (C=O) groups excluding carboxylic acids is 2. The van der Waals surface area contributed by atoms with Crippen molar-refractivity contribution in [1.82, 2.24) is 5.32 Å². The Balaban J connectivity index is 2.15. The van der Waals surface area contributed by atoms with Crippen molar-refractivity contribution in [1.29, 1.82) is 0 Å². The summed E-state index contributed by atoms with van der Waals surface area (Å²) in [5.41, 5.74) is -0.104. The predicted molar refractivity (Wildman–Crippen MR) is 109 cm³/mol. The first-order valence-corrected chi connectivity index (χ1v) is 10.5. The van der Waals surface area contributed by atoms with Crippen molar-refractivity contribution >= 4 is 50.8 Å². The molecule has 0 aliphatic carbocycles. The summed E-state index contributed by atoms with van der Waals surface area (Å²) in [5, 5.41) is 2.65. The average molecular weight is 461 g/mol. The molecule has 0 saturated heterocycles. The van der Waals surface area contributed by atoms with E-state index in [2.05, 4.69) is 10.0 Å². The molecule has 2 aromatic carbocycles. The number of carbonyl (C=O) groups is 2. The molecule has 0 unspecified atom stereocenters. The molecule has 0 aliphatic heterocycles. The maximum Gasteiger partial charge on any atom is 0.340 e. The number of hydrogen-bond acceptors (Lipinski definition) is 6. The van der Waals surface area contributed by atoms with Gasteiger partial charge in [-0.2, -0.15) is 0 Å². The maximum atomic E-state index is 12.7. The second-order valence-corrected chi connectivity index (χ2v) is 8.14. The normalized spacial score (nSPS) is 11.0. The third-order valence-corrected chi connectivity index (χ3v) is 5.62. The van der Waals surface area contributed by atoms with Crippen LogP contribution in [0, 0.1) is 0 Å². The van der Waals surface area contributed by atoms with E-state index in [1.807, 2.05) is 0 Å². The smallest absolute Gasteiger partial charge is 0.340 e. The second kappa shape index (κ2) is 10.4. The first-order valence-electron chi connectivity index (χ1n) is 8.24. The molecule has 0 heterocycles. The molecule has 0 aliphatic rings. The van der Waals surface area contributed by atoms with Gasteiger partial charge < -0.3 is 14.8 Å². The zero-order chi connectivity index (χ0) is 21.4. The van der Waals surface area contributed by atoms with E-state index in [0.717, 1.165) is 0 Å². The Bertz CT molecular complexity index is 998. The molecule has 2 N–H and O–H groups in total. The molecular formula is C18H18Cl2N2O6S. The van der Waals surface area contributed by atoms with Gasteiger partial charge in [-0.15, -0.1) is 0 Å². The lowest BCUT2D eigenvalue weighted by molar-refractivity contribution is -0.124. The first-order chi connectivity index (χ1) is 13.7. The number of anilines is 1. The number of esters is 1. The van der Waals surface area contributed by atoms with Crippen molar-refractivity contribution in [3.8, 4) is 0 Å². The van der Waals surface area contributed by atoms with Gasteiger partial charge in [0.1, 0.15) is 4.90 Å². The highest BCUT2D eigenvalue weighted by Crippen LogP contribution is 2.28. The van der Waals surface area contributed by atoms with Gasteiger partial charge in [0.05, 0.1) is 22.9 Å². The molecule has 2 rings (SSSR count). The van der Waals surface area contributed by atoms with E-state index in [-0.39, 0.29) is 32.7 Å². The molecule has 0 atom stereocenters. The summed E-state index contributed by atoms with van der Waals surface area (Å²) in [6.07, 6.45) is 0. The van der Waals surface area contributed by atoms with Crippen molar-refractivity contribution in [3.05, 3.63) is 58.1 Å². The molecule has 0 saturated carbocycles. The fourth-order valence-corrected chi connectivity index (χ4v) is 4.03. The molecule has 2 aromatic rings. The minimum absolute atomic E-state index is 0.0327. The van der Waals surface area contributed by atoms with Crippen LogP contribution in [-0.4, -0.2) is 47.2 Å². The van der Waals surface area contributed by atoms with Crippen molar-refractivity contribution in [2.24, 2.45) is 0 Å². The zero-order valence-electron chi connectivity index (χ0n) is 15.3. The molecule has 0 bridgehead atoms. The number of sulfonamides is 1. The Hall–Kier alpha value is -2.33. The SMILES string of the molecule is COCCNC(=O)COC(=O)c1ccccc1NS(=O)(=O)c1cc(Cl)ccc1Cl. The van der Waals surface area contributed by atoms with Crippen molar-refractivity contribution < 1.29 is 27.5 Å². The lowest BCUT2D eigenvalue weighted by Crippen LogP contribution is -2.31. The van der Waals surface area contributed by atoms with Gasteiger partial charge in [-0.3, -0.25) is 9.52 Å². The van der Waals surface area contributed by atoms with Gasteiger partial charge in [-0.05, 0) is 30.3 Å². The molecule has 29 heavy (non-hydrogen) atoms. The fraction of sp³-hybridized carbons (Fsp3) is 0.222. The molecule has 0 fully saturated rings. The summed E-state index contributed by atoms with van der Waals surface area (Å²) >= 11 is 11.8. The van der Waals surface area contributed by atoms with Gasteiger partial charge in [-0.1, -0.05) is 35.3 Å². The summed E-state index contributed by atoms with van der Waals surface area (Å²) in [4.78, 5) is 23.7. The van der Waals surface area contributed by atoms with Crippen molar-refractivity contribution in [2.45, 2.75) is 4.90 Å². The van der Waals surface area contributed by atoms with Crippen LogP contribution < -0.4 is 10.0 Å². The quantitative estimate of drug-likeness (QED) is 0.439. The van der Waals surface area contributed by atoms with E-state index < -0.39 is 28.5 Å². The second-order valence-electron chi connectivity index (χ2n) is 5.64. The van der Waals surface area contributed by atoms with Crippen LogP contribution in [0.4, 0.5) is 5.69 Å². The number of methoxy groups -OCH3 is 1. The van der Waals surface area contributed by atoms with E-state index in [4.69, 9.17) is 32.7 Å². The van der Waals surface area contributed by atoms with Crippen LogP contribution in [0.25, 0.3) is 0 Å². The van der Waals surface area contributed by atoms with E-state index in [1.54, 1.807) is 0 Å². The zero-order valence-corrected chi connectivity index (χ0v) is 17.6. The Labute approximate surface area is 178 Å². The average Bonchev–Trinajstić information content (AvgIpc) is 2.68. The lowest BCUT2D eigenvalue weighted by atomic mass is 10.2. The van der Waals surface area contributed by atoms with Gasteiger partial charge in [0.2, 0.25) is 0 Å². The van der Waals surface area contributed by atoms with Crippen LogP contribution >= 0.6 is 23.2 Å². The summed E-state index contributed by atoms with van der Waals surface area (Å²) in [7, 11) is -2.65. The number of rotatable bonds is 9. The molecule has 11 heteroatoms. The van der Waals surface area contributed by atoms with Crippen LogP contribution in [-0.2, 0) is 24.3 Å². The topological polar surface area (TPSA) is 111 Å². The van der Waals surface area contributed by atoms with Crippen LogP contribution in [0.2, 0.25) is 10.0 Å². The van der Waals surface area contributed by atoms with E-state index in [1.165, 1.54) is 49.6 Å². The van der Waals surface area contributed by atoms with Crippen LogP contribution in [0.5, 0.6) is 0 Å². The number of benzene rings is 2. The highest BCUT2D eigenvalue weighted by molar-refractivity contribution is 7.92. The van der Waals surface area contributed by atoms with Gasteiger partial charge in [0.15, 0.2) is 6.61 Å². The number of nitrogens with one attached hydrogen (secondary N) is 2. The predicted octanol–water partition coefficient (Wildman–Crippen LogP) is 2.71. The Morgan fingerprint density at radius 3 is 2.55 bits per heavy atom. The van der Waals surface area contributed by atoms with Gasteiger partial charge in [-0.25, -0.2) is 13.2 Å². The maximum absolute atomic E-state index is 12.7. The molecule has 0 aromatic heterocycles. The number of halogens is 2. The lowest BCUT2D eigenvalue weighted by Gasteiger charge is -2.13. The molecule has 8 nitrogen and oxygen atoms in total. The molecule has 156 valence electrons. The minimum atomic E-state index is -4.14. The Morgan fingerprint density at radius 1 is 1.10 bits per heavy atom. The minimum Gasteiger partial charge on any atom is -0.452 e. The Kier molecular flexibility index (Phi) is 8.27. The van der Waals surface area contributed by atoms with Crippen LogP contribution in [0.1, 0.15) is 10.4 Å². The fourth-order valence-electron chi connectivity index (χ4n) is 2.19. The van der Waals surface area contributed by atoms with E-state index in [0.29, 0.717) is 6.61 Å². The molecule has 0 spiro atoms. The standard InChI is InChI=1S/C18H18Cl2N2O6S/c1-27-9-8-21-17(23)11-28-18(24)13-4-2-3-5-15(13)22-29(25,26)16-10-12(19)6-7-14(16)20/h2-7,10,22H,8-9,11H2,1H3,(H,21,23). The highest BCUT2D eigenvalue weighted by Gasteiger charge is 2.22. The van der Waals surface area contributed by atoms with Crippen LogP contribution in [0.15, 0.2) is 47.4 Å². The van der Waals surface area contributed by atoms with Crippen molar-refractivity contribution in [2.75, 3.05) is 31.6 Å². The summed E-state index contributed by atoms with van der Waals surface area (Å²) in [6, 6.07) is 9.79. The van der Waals surface area contributed by atoms with Gasteiger partial charge in [0.25, 0.3) is 15.9 Å². The van der Waals surface area contributed by atoms with Gasteiger partial charge >= 0.3 is 5.97 Å². The molecule has 0 radical (unpaired) electrons.